The smallest absolute Gasteiger partial charge is 0.128 e. The Kier molecular flexibility index (Phi) is 5.67. The molecule has 1 N–H and O–H groups in total. The Morgan fingerprint density at radius 1 is 1.33 bits per heavy atom. The quantitative estimate of drug-likeness (QED) is 0.854. The standard InChI is InChI=1S/C15H24FNS/c1-6-17-14(10-18-15(3,4)5)12-9-11(2)7-8-13(12)16/h7-9,14,17H,6,10H2,1-5H3. The van der Waals surface area contributed by atoms with Gasteiger partial charge in [-0.2, -0.15) is 11.8 Å². The van der Waals surface area contributed by atoms with Gasteiger partial charge < -0.3 is 5.32 Å². The van der Waals surface area contributed by atoms with E-state index in [1.54, 1.807) is 6.07 Å². The van der Waals surface area contributed by atoms with Gasteiger partial charge in [-0.05, 0) is 19.5 Å². The molecule has 0 fully saturated rings. The average Bonchev–Trinajstić information content (AvgIpc) is 2.26. The van der Waals surface area contributed by atoms with Crippen molar-refractivity contribution >= 4 is 11.8 Å². The highest BCUT2D eigenvalue weighted by molar-refractivity contribution is 8.00. The number of halogens is 1. The molecule has 0 aliphatic heterocycles. The van der Waals surface area contributed by atoms with E-state index < -0.39 is 0 Å². The molecule has 0 aliphatic rings. The molecule has 0 saturated heterocycles. The van der Waals surface area contributed by atoms with Gasteiger partial charge in [-0.15, -0.1) is 0 Å². The summed E-state index contributed by atoms with van der Waals surface area (Å²) >= 11 is 1.86. The zero-order chi connectivity index (χ0) is 13.8. The van der Waals surface area contributed by atoms with Crippen LogP contribution in [-0.4, -0.2) is 17.0 Å². The fourth-order valence-corrected chi connectivity index (χ4v) is 2.73. The van der Waals surface area contributed by atoms with Crippen LogP contribution >= 0.6 is 11.8 Å². The molecule has 0 aromatic heterocycles. The first-order chi connectivity index (χ1) is 8.33. The maximum absolute atomic E-state index is 13.9. The van der Waals surface area contributed by atoms with Crippen molar-refractivity contribution in [2.24, 2.45) is 0 Å². The Morgan fingerprint density at radius 2 is 2.00 bits per heavy atom. The van der Waals surface area contributed by atoms with Crippen LogP contribution in [0.4, 0.5) is 4.39 Å². The van der Waals surface area contributed by atoms with Crippen molar-refractivity contribution in [3.63, 3.8) is 0 Å². The predicted octanol–water partition coefficient (Wildman–Crippen LogP) is 4.32. The van der Waals surface area contributed by atoms with Crippen LogP contribution in [0.25, 0.3) is 0 Å². The highest BCUT2D eigenvalue weighted by Crippen LogP contribution is 2.29. The van der Waals surface area contributed by atoms with Crippen LogP contribution in [0, 0.1) is 12.7 Å². The van der Waals surface area contributed by atoms with Gasteiger partial charge in [0.1, 0.15) is 5.82 Å². The Morgan fingerprint density at radius 3 is 2.56 bits per heavy atom. The van der Waals surface area contributed by atoms with E-state index in [0.29, 0.717) is 0 Å². The summed E-state index contributed by atoms with van der Waals surface area (Å²) < 4.78 is 14.1. The van der Waals surface area contributed by atoms with Gasteiger partial charge >= 0.3 is 0 Å². The maximum atomic E-state index is 13.9. The molecule has 3 heteroatoms. The minimum Gasteiger partial charge on any atom is -0.309 e. The first kappa shape index (κ1) is 15.5. The fourth-order valence-electron chi connectivity index (χ4n) is 1.77. The van der Waals surface area contributed by atoms with E-state index in [1.165, 1.54) is 0 Å². The van der Waals surface area contributed by atoms with Crippen molar-refractivity contribution in [2.45, 2.75) is 45.4 Å². The molecule has 0 bridgehead atoms. The summed E-state index contributed by atoms with van der Waals surface area (Å²) in [7, 11) is 0. The van der Waals surface area contributed by atoms with Crippen LogP contribution in [0.1, 0.15) is 44.9 Å². The van der Waals surface area contributed by atoms with Crippen LogP contribution in [0.15, 0.2) is 18.2 Å². The molecule has 0 heterocycles. The summed E-state index contributed by atoms with van der Waals surface area (Å²) in [6, 6.07) is 5.42. The normalized spacial score (nSPS) is 13.7. The molecule has 1 aromatic rings. The lowest BCUT2D eigenvalue weighted by Gasteiger charge is -2.24. The van der Waals surface area contributed by atoms with Crippen LogP contribution in [0.5, 0.6) is 0 Å². The molecular weight excluding hydrogens is 245 g/mol. The number of nitrogens with one attached hydrogen (secondary N) is 1. The van der Waals surface area contributed by atoms with E-state index in [-0.39, 0.29) is 16.6 Å². The van der Waals surface area contributed by atoms with Crippen molar-refractivity contribution in [1.82, 2.24) is 5.32 Å². The summed E-state index contributed by atoms with van der Waals surface area (Å²) in [5, 5.41) is 3.38. The van der Waals surface area contributed by atoms with Gasteiger partial charge in [0.25, 0.3) is 0 Å². The zero-order valence-electron chi connectivity index (χ0n) is 12.0. The van der Waals surface area contributed by atoms with E-state index in [1.807, 2.05) is 30.8 Å². The molecule has 18 heavy (non-hydrogen) atoms. The summed E-state index contributed by atoms with van der Waals surface area (Å²) in [5.74, 6) is 0.776. The number of benzene rings is 1. The Bertz CT molecular complexity index is 385. The highest BCUT2D eigenvalue weighted by atomic mass is 32.2. The molecule has 102 valence electrons. The molecule has 1 rings (SSSR count). The van der Waals surface area contributed by atoms with E-state index in [9.17, 15) is 4.39 Å². The molecular formula is C15H24FNS. The third-order valence-electron chi connectivity index (χ3n) is 2.66. The summed E-state index contributed by atoms with van der Waals surface area (Å²) in [6.07, 6.45) is 0. The monoisotopic (exact) mass is 269 g/mol. The first-order valence-electron chi connectivity index (χ1n) is 6.47. The molecule has 1 unspecified atom stereocenters. The minimum atomic E-state index is -0.110. The fraction of sp³-hybridized carbons (Fsp3) is 0.600. The number of aryl methyl sites for hydroxylation is 1. The van der Waals surface area contributed by atoms with E-state index in [0.717, 1.165) is 23.4 Å². The molecule has 1 aromatic carbocycles. The second-order valence-electron chi connectivity index (χ2n) is 5.56. The molecule has 0 amide bonds. The largest absolute Gasteiger partial charge is 0.309 e. The molecule has 1 nitrogen and oxygen atoms in total. The van der Waals surface area contributed by atoms with Gasteiger partial charge in [0.15, 0.2) is 0 Å². The number of hydrogen-bond donors (Lipinski definition) is 1. The lowest BCUT2D eigenvalue weighted by atomic mass is 10.0. The van der Waals surface area contributed by atoms with Gasteiger partial charge in [0.05, 0.1) is 0 Å². The van der Waals surface area contributed by atoms with Crippen molar-refractivity contribution in [1.29, 1.82) is 0 Å². The molecule has 0 aliphatic carbocycles. The van der Waals surface area contributed by atoms with Gasteiger partial charge in [-0.25, -0.2) is 4.39 Å². The Labute approximate surface area is 115 Å². The summed E-state index contributed by atoms with van der Waals surface area (Å²) in [6.45, 7) is 11.5. The maximum Gasteiger partial charge on any atom is 0.128 e. The van der Waals surface area contributed by atoms with Crippen molar-refractivity contribution in [3.05, 3.63) is 35.1 Å². The van der Waals surface area contributed by atoms with Crippen molar-refractivity contribution in [2.75, 3.05) is 12.3 Å². The summed E-state index contributed by atoms with van der Waals surface area (Å²) in [4.78, 5) is 0. The minimum absolute atomic E-state index is 0.0825. The molecule has 0 spiro atoms. The van der Waals surface area contributed by atoms with E-state index >= 15 is 0 Å². The van der Waals surface area contributed by atoms with Crippen LogP contribution in [0.3, 0.4) is 0 Å². The van der Waals surface area contributed by atoms with Gasteiger partial charge in [-0.1, -0.05) is 45.4 Å². The Balaban J connectivity index is 2.86. The average molecular weight is 269 g/mol. The number of rotatable bonds is 5. The highest BCUT2D eigenvalue weighted by Gasteiger charge is 2.19. The molecule has 1 atom stereocenters. The molecule has 0 saturated carbocycles. The number of hydrogen-bond acceptors (Lipinski definition) is 2. The van der Waals surface area contributed by atoms with Crippen LogP contribution in [-0.2, 0) is 0 Å². The molecule has 0 radical (unpaired) electrons. The van der Waals surface area contributed by atoms with Gasteiger partial charge in [-0.3, -0.25) is 0 Å². The third-order valence-corrected chi connectivity index (χ3v) is 4.03. The lowest BCUT2D eigenvalue weighted by Crippen LogP contribution is -2.26. The van der Waals surface area contributed by atoms with Gasteiger partial charge in [0, 0.05) is 22.1 Å². The lowest BCUT2D eigenvalue weighted by molar-refractivity contribution is 0.544. The number of thioether (sulfide) groups is 1. The zero-order valence-corrected chi connectivity index (χ0v) is 12.8. The second-order valence-corrected chi connectivity index (χ2v) is 7.41. The Hall–Kier alpha value is -0.540. The van der Waals surface area contributed by atoms with Crippen molar-refractivity contribution in [3.8, 4) is 0 Å². The third kappa shape index (κ3) is 4.99. The SMILES string of the molecule is CCNC(CSC(C)(C)C)c1cc(C)ccc1F. The van der Waals surface area contributed by atoms with Gasteiger partial charge in [0.2, 0.25) is 0 Å². The van der Waals surface area contributed by atoms with E-state index in [2.05, 4.69) is 33.0 Å². The van der Waals surface area contributed by atoms with Crippen LogP contribution < -0.4 is 5.32 Å². The van der Waals surface area contributed by atoms with E-state index in [4.69, 9.17) is 0 Å². The second kappa shape index (κ2) is 6.58. The first-order valence-corrected chi connectivity index (χ1v) is 7.45. The van der Waals surface area contributed by atoms with Crippen molar-refractivity contribution < 1.29 is 4.39 Å². The van der Waals surface area contributed by atoms with Crippen LogP contribution in [0.2, 0.25) is 0 Å². The summed E-state index contributed by atoms with van der Waals surface area (Å²) in [5.41, 5.74) is 1.89. The predicted molar refractivity (Wildman–Crippen MR) is 79.8 cm³/mol. The topological polar surface area (TPSA) is 12.0 Å².